The summed E-state index contributed by atoms with van der Waals surface area (Å²) in [4.78, 5) is 0. The van der Waals surface area contributed by atoms with E-state index in [0.29, 0.717) is 13.1 Å². The molecule has 0 saturated heterocycles. The minimum absolute atomic E-state index is 0.0306. The molecule has 0 aliphatic heterocycles. The first-order valence-electron chi connectivity index (χ1n) is 4.83. The van der Waals surface area contributed by atoms with E-state index in [2.05, 4.69) is 27.4 Å². The SMILES string of the molecule is C=C(C)C(C)(CN)CC(C)(C)CN. The van der Waals surface area contributed by atoms with Gasteiger partial charge in [0.1, 0.15) is 0 Å². The Kier molecular flexibility index (Phi) is 4.14. The van der Waals surface area contributed by atoms with Crippen LogP contribution in [0.5, 0.6) is 0 Å². The van der Waals surface area contributed by atoms with E-state index in [1.165, 1.54) is 0 Å². The van der Waals surface area contributed by atoms with E-state index in [9.17, 15) is 0 Å². The highest BCUT2D eigenvalue weighted by Gasteiger charge is 2.31. The van der Waals surface area contributed by atoms with Crippen molar-refractivity contribution >= 4 is 0 Å². The molecular formula is C11H24N2. The fraction of sp³-hybridized carbons (Fsp3) is 0.818. The smallest absolute Gasteiger partial charge is 0.00142 e. The highest BCUT2D eigenvalue weighted by Crippen LogP contribution is 2.37. The van der Waals surface area contributed by atoms with E-state index in [1.54, 1.807) is 0 Å². The van der Waals surface area contributed by atoms with Crippen LogP contribution in [0, 0.1) is 10.8 Å². The number of nitrogens with two attached hydrogens (primary N) is 2. The van der Waals surface area contributed by atoms with Gasteiger partial charge in [-0.15, -0.1) is 0 Å². The molecule has 1 unspecified atom stereocenters. The van der Waals surface area contributed by atoms with Gasteiger partial charge in [0.15, 0.2) is 0 Å². The molecule has 0 rings (SSSR count). The average Bonchev–Trinajstić information content (AvgIpc) is 2.03. The quantitative estimate of drug-likeness (QED) is 0.641. The van der Waals surface area contributed by atoms with Crippen molar-refractivity contribution in [2.24, 2.45) is 22.3 Å². The predicted molar refractivity (Wildman–Crippen MR) is 59.4 cm³/mol. The molecule has 0 heterocycles. The van der Waals surface area contributed by atoms with Gasteiger partial charge in [0.2, 0.25) is 0 Å². The molecule has 1 atom stereocenters. The second-order valence-corrected chi connectivity index (χ2v) is 5.09. The molecule has 4 N–H and O–H groups in total. The second kappa shape index (κ2) is 4.25. The van der Waals surface area contributed by atoms with Crippen LogP contribution in [0.25, 0.3) is 0 Å². The van der Waals surface area contributed by atoms with Crippen LogP contribution in [0.3, 0.4) is 0 Å². The Balaban J connectivity index is 4.54. The number of rotatable bonds is 5. The molecule has 0 aromatic rings. The van der Waals surface area contributed by atoms with Crippen molar-refractivity contribution in [3.05, 3.63) is 12.2 Å². The average molecular weight is 184 g/mol. The lowest BCUT2D eigenvalue weighted by molar-refractivity contribution is 0.224. The van der Waals surface area contributed by atoms with Crippen LogP contribution >= 0.6 is 0 Å². The van der Waals surface area contributed by atoms with Gasteiger partial charge < -0.3 is 11.5 Å². The summed E-state index contributed by atoms with van der Waals surface area (Å²) in [6, 6.07) is 0. The maximum absolute atomic E-state index is 5.77. The summed E-state index contributed by atoms with van der Waals surface area (Å²) in [5, 5.41) is 0. The molecule has 0 aliphatic rings. The minimum atomic E-state index is 0.0306. The van der Waals surface area contributed by atoms with Gasteiger partial charge in [0, 0.05) is 12.0 Å². The van der Waals surface area contributed by atoms with E-state index in [4.69, 9.17) is 11.5 Å². The molecule has 2 heteroatoms. The van der Waals surface area contributed by atoms with Crippen molar-refractivity contribution in [3.8, 4) is 0 Å². The van der Waals surface area contributed by atoms with Crippen molar-refractivity contribution < 1.29 is 0 Å². The standard InChI is InChI=1S/C11H24N2/c1-9(2)11(5,8-13)6-10(3,4)7-12/h1,6-8,12-13H2,2-5H3. The summed E-state index contributed by atoms with van der Waals surface area (Å²) < 4.78 is 0. The zero-order chi connectivity index (χ0) is 10.7. The summed E-state index contributed by atoms with van der Waals surface area (Å²) in [6.07, 6.45) is 1.00. The molecule has 0 aromatic carbocycles. The molecule has 0 fully saturated rings. The normalized spacial score (nSPS) is 16.8. The van der Waals surface area contributed by atoms with Gasteiger partial charge in [-0.3, -0.25) is 0 Å². The van der Waals surface area contributed by atoms with Crippen molar-refractivity contribution in [2.75, 3.05) is 13.1 Å². The maximum atomic E-state index is 5.77. The van der Waals surface area contributed by atoms with E-state index in [1.807, 2.05) is 6.92 Å². The molecule has 0 saturated carbocycles. The molecule has 0 aromatic heterocycles. The Hall–Kier alpha value is -0.340. The Morgan fingerprint density at radius 1 is 1.15 bits per heavy atom. The topological polar surface area (TPSA) is 52.0 Å². The molecule has 0 bridgehead atoms. The van der Waals surface area contributed by atoms with E-state index in [0.717, 1.165) is 12.0 Å². The fourth-order valence-electron chi connectivity index (χ4n) is 1.53. The van der Waals surface area contributed by atoms with Crippen molar-refractivity contribution in [1.82, 2.24) is 0 Å². The van der Waals surface area contributed by atoms with E-state index >= 15 is 0 Å². The predicted octanol–water partition coefficient (Wildman–Crippen LogP) is 1.90. The minimum Gasteiger partial charge on any atom is -0.330 e. The van der Waals surface area contributed by atoms with Crippen molar-refractivity contribution in [3.63, 3.8) is 0 Å². The molecule has 0 radical (unpaired) electrons. The van der Waals surface area contributed by atoms with Gasteiger partial charge in [-0.2, -0.15) is 0 Å². The fourth-order valence-corrected chi connectivity index (χ4v) is 1.53. The lowest BCUT2D eigenvalue weighted by Crippen LogP contribution is -2.36. The molecule has 0 amide bonds. The first kappa shape index (κ1) is 12.7. The molecule has 0 spiro atoms. The Morgan fingerprint density at radius 3 is 1.85 bits per heavy atom. The second-order valence-electron chi connectivity index (χ2n) is 5.09. The van der Waals surface area contributed by atoms with Gasteiger partial charge in [-0.1, -0.05) is 32.9 Å². The third-order valence-corrected chi connectivity index (χ3v) is 2.90. The van der Waals surface area contributed by atoms with Crippen LogP contribution in [0.4, 0.5) is 0 Å². The van der Waals surface area contributed by atoms with Gasteiger partial charge >= 0.3 is 0 Å². The van der Waals surface area contributed by atoms with Crippen LogP contribution in [0.1, 0.15) is 34.1 Å². The first-order chi connectivity index (χ1) is 5.77. The highest BCUT2D eigenvalue weighted by molar-refractivity contribution is 5.07. The van der Waals surface area contributed by atoms with Crippen LogP contribution in [-0.2, 0) is 0 Å². The van der Waals surface area contributed by atoms with Crippen LogP contribution < -0.4 is 11.5 Å². The summed E-state index contributed by atoms with van der Waals surface area (Å²) in [6.45, 7) is 13.9. The lowest BCUT2D eigenvalue weighted by atomic mass is 9.70. The third kappa shape index (κ3) is 3.49. The van der Waals surface area contributed by atoms with Gasteiger partial charge in [0.25, 0.3) is 0 Å². The number of hydrogen-bond donors (Lipinski definition) is 2. The van der Waals surface area contributed by atoms with Crippen molar-refractivity contribution in [2.45, 2.75) is 34.1 Å². The third-order valence-electron chi connectivity index (χ3n) is 2.90. The molecule has 78 valence electrons. The summed E-state index contributed by atoms with van der Waals surface area (Å²) in [7, 11) is 0. The zero-order valence-electron chi connectivity index (χ0n) is 9.48. The van der Waals surface area contributed by atoms with Crippen LogP contribution in [0.2, 0.25) is 0 Å². The largest absolute Gasteiger partial charge is 0.330 e. The molecule has 13 heavy (non-hydrogen) atoms. The molecular weight excluding hydrogens is 160 g/mol. The Bertz CT molecular complexity index is 185. The lowest BCUT2D eigenvalue weighted by Gasteiger charge is -2.36. The van der Waals surface area contributed by atoms with Gasteiger partial charge in [-0.05, 0) is 25.3 Å². The van der Waals surface area contributed by atoms with Crippen LogP contribution in [-0.4, -0.2) is 13.1 Å². The van der Waals surface area contributed by atoms with Crippen molar-refractivity contribution in [1.29, 1.82) is 0 Å². The highest BCUT2D eigenvalue weighted by atomic mass is 14.6. The zero-order valence-corrected chi connectivity index (χ0v) is 9.48. The first-order valence-corrected chi connectivity index (χ1v) is 4.83. The monoisotopic (exact) mass is 184 g/mol. The number of hydrogen-bond acceptors (Lipinski definition) is 2. The van der Waals surface area contributed by atoms with Gasteiger partial charge in [-0.25, -0.2) is 0 Å². The maximum Gasteiger partial charge on any atom is 0.00142 e. The van der Waals surface area contributed by atoms with Crippen LogP contribution in [0.15, 0.2) is 12.2 Å². The summed E-state index contributed by atoms with van der Waals surface area (Å²) in [5.74, 6) is 0. The Labute approximate surface area is 82.4 Å². The molecule has 0 aliphatic carbocycles. The van der Waals surface area contributed by atoms with E-state index in [-0.39, 0.29) is 10.8 Å². The van der Waals surface area contributed by atoms with Gasteiger partial charge in [0.05, 0.1) is 0 Å². The summed E-state index contributed by atoms with van der Waals surface area (Å²) in [5.41, 5.74) is 12.8. The Morgan fingerprint density at radius 2 is 1.62 bits per heavy atom. The van der Waals surface area contributed by atoms with E-state index < -0.39 is 0 Å². The summed E-state index contributed by atoms with van der Waals surface area (Å²) >= 11 is 0. The molecule has 2 nitrogen and oxygen atoms in total.